The van der Waals surface area contributed by atoms with Crippen molar-refractivity contribution in [3.05, 3.63) is 88.4 Å². The Kier molecular flexibility index (Phi) is 4.69. The number of hydrogen-bond acceptors (Lipinski definition) is 4. The first kappa shape index (κ1) is 17.0. The molecule has 0 aromatic carbocycles. The largest absolute Gasteiger partial charge is 0.366 e. The lowest BCUT2D eigenvalue weighted by Crippen LogP contribution is -2.02. The van der Waals surface area contributed by atoms with Crippen molar-refractivity contribution in [3.8, 4) is 0 Å². The first-order valence-electron chi connectivity index (χ1n) is 8.33. The minimum atomic E-state index is 0.538. The maximum absolute atomic E-state index is 7.15. The number of nitrogens with one attached hydrogen (secondary N) is 2. The predicted molar refractivity (Wildman–Crippen MR) is 106 cm³/mol. The molecule has 2 N–H and O–H groups in total. The van der Waals surface area contributed by atoms with Gasteiger partial charge >= 0.3 is 0 Å². The van der Waals surface area contributed by atoms with E-state index in [0.717, 1.165) is 33.5 Å². The van der Waals surface area contributed by atoms with E-state index in [9.17, 15) is 0 Å². The van der Waals surface area contributed by atoms with Gasteiger partial charge in [-0.05, 0) is 34.9 Å². The molecule has 4 aromatic rings. The van der Waals surface area contributed by atoms with E-state index in [-0.39, 0.29) is 0 Å². The summed E-state index contributed by atoms with van der Waals surface area (Å²) in [6.07, 6.45) is 9.42. The van der Waals surface area contributed by atoms with Gasteiger partial charge in [-0.3, -0.25) is 9.97 Å². The third-order valence-electron chi connectivity index (χ3n) is 4.27. The number of anilines is 1. The van der Waals surface area contributed by atoms with E-state index in [1.807, 2.05) is 36.7 Å². The van der Waals surface area contributed by atoms with Crippen molar-refractivity contribution in [2.75, 3.05) is 5.32 Å². The van der Waals surface area contributed by atoms with E-state index in [1.165, 1.54) is 0 Å². The van der Waals surface area contributed by atoms with Crippen LogP contribution < -0.4 is 5.32 Å². The second-order valence-electron chi connectivity index (χ2n) is 6.06. The molecule has 0 radical (unpaired) electrons. The second-order valence-corrected chi connectivity index (χ2v) is 6.47. The van der Waals surface area contributed by atoms with Crippen LogP contribution in [0.4, 0.5) is 11.5 Å². The molecule has 7 heteroatoms. The molecule has 0 amide bonds. The maximum atomic E-state index is 7.15. The van der Waals surface area contributed by atoms with Crippen LogP contribution in [0.25, 0.3) is 15.9 Å². The average Bonchev–Trinajstić information content (AvgIpc) is 3.10. The normalized spacial score (nSPS) is 10.7. The molecule has 0 saturated heterocycles. The Balaban J connectivity index is 1.47. The number of hydrogen-bond donors (Lipinski definition) is 2. The highest BCUT2D eigenvalue weighted by atomic mass is 35.5. The lowest BCUT2D eigenvalue weighted by atomic mass is 10.1. The van der Waals surface area contributed by atoms with E-state index in [4.69, 9.17) is 18.2 Å². The zero-order valence-corrected chi connectivity index (χ0v) is 15.0. The number of pyridine rings is 3. The molecule has 132 valence electrons. The smallest absolute Gasteiger partial charge is 0.205 e. The van der Waals surface area contributed by atoms with Gasteiger partial charge in [0.2, 0.25) is 5.69 Å². The van der Waals surface area contributed by atoms with E-state index in [1.54, 1.807) is 18.6 Å². The second kappa shape index (κ2) is 7.44. The Morgan fingerprint density at radius 1 is 1.11 bits per heavy atom. The number of nitrogens with zero attached hydrogens (tertiary/aromatic N) is 4. The fourth-order valence-corrected chi connectivity index (χ4v) is 3.03. The number of halogens is 1. The molecule has 27 heavy (non-hydrogen) atoms. The summed E-state index contributed by atoms with van der Waals surface area (Å²) in [5, 5.41) is 4.86. The van der Waals surface area contributed by atoms with Crippen molar-refractivity contribution in [1.82, 2.24) is 19.9 Å². The molecular formula is C20H15ClN6. The van der Waals surface area contributed by atoms with Gasteiger partial charge in [-0.25, -0.2) is 9.83 Å². The van der Waals surface area contributed by atoms with E-state index in [0.29, 0.717) is 23.7 Å². The van der Waals surface area contributed by atoms with Crippen LogP contribution in [0.5, 0.6) is 0 Å². The summed E-state index contributed by atoms with van der Waals surface area (Å²) in [5.41, 5.74) is 4.47. The Labute approximate surface area is 161 Å². The molecule has 0 saturated carbocycles. The fourth-order valence-electron chi connectivity index (χ4n) is 2.84. The monoisotopic (exact) mass is 374 g/mol. The molecular weight excluding hydrogens is 360 g/mol. The van der Waals surface area contributed by atoms with Gasteiger partial charge < -0.3 is 10.3 Å². The number of fused-ring (bicyclic) bond motifs is 1. The van der Waals surface area contributed by atoms with Crippen molar-refractivity contribution < 1.29 is 0 Å². The predicted octanol–water partition coefficient (Wildman–Crippen LogP) is 4.76. The van der Waals surface area contributed by atoms with Crippen molar-refractivity contribution in [1.29, 1.82) is 0 Å². The zero-order valence-electron chi connectivity index (χ0n) is 14.3. The van der Waals surface area contributed by atoms with Crippen LogP contribution in [-0.2, 0) is 13.0 Å². The highest BCUT2D eigenvalue weighted by molar-refractivity contribution is 6.31. The van der Waals surface area contributed by atoms with E-state index < -0.39 is 0 Å². The van der Waals surface area contributed by atoms with Gasteiger partial charge in [-0.2, -0.15) is 0 Å². The van der Waals surface area contributed by atoms with Crippen LogP contribution in [0.2, 0.25) is 5.02 Å². The number of aromatic amines is 1. The van der Waals surface area contributed by atoms with Gasteiger partial charge in [0.25, 0.3) is 0 Å². The minimum Gasteiger partial charge on any atom is -0.366 e. The molecule has 4 heterocycles. The Morgan fingerprint density at radius 3 is 2.81 bits per heavy atom. The molecule has 0 unspecified atom stereocenters. The third kappa shape index (κ3) is 3.73. The Bertz CT molecular complexity index is 1130. The number of aromatic nitrogens is 4. The topological polar surface area (TPSA) is 70.8 Å². The number of rotatable bonds is 5. The summed E-state index contributed by atoms with van der Waals surface area (Å²) in [6, 6.07) is 7.73. The molecule has 0 aliphatic heterocycles. The van der Waals surface area contributed by atoms with Crippen molar-refractivity contribution in [2.24, 2.45) is 0 Å². The molecule has 0 bridgehead atoms. The Hall–Kier alpha value is -3.43. The van der Waals surface area contributed by atoms with Crippen molar-refractivity contribution in [2.45, 2.75) is 13.0 Å². The lowest BCUT2D eigenvalue weighted by Gasteiger charge is -2.08. The first-order chi connectivity index (χ1) is 13.2. The summed E-state index contributed by atoms with van der Waals surface area (Å²) in [6.45, 7) is 7.73. The van der Waals surface area contributed by atoms with Gasteiger partial charge in [0.1, 0.15) is 11.5 Å². The third-order valence-corrected chi connectivity index (χ3v) is 4.61. The molecule has 4 rings (SSSR count). The summed E-state index contributed by atoms with van der Waals surface area (Å²) in [7, 11) is 0. The lowest BCUT2D eigenvalue weighted by molar-refractivity contribution is 1.08. The SMILES string of the molecule is [C-]#[N+]c1cnc2[nH]cc(Cc3ccc(NCc4ccncc4Cl)nc3)c2c1. The standard InChI is InChI=1S/C20H15ClN6/c1-22-16-7-17-15(10-26-20(17)27-11-16)6-13-2-3-19(24-8-13)25-9-14-4-5-23-12-18(14)21/h2-5,7-8,10-12H,6,9H2,(H,24,25)(H,26,27). The summed E-state index contributed by atoms with van der Waals surface area (Å²) < 4.78 is 0. The van der Waals surface area contributed by atoms with Gasteiger partial charge in [0.15, 0.2) is 0 Å². The summed E-state index contributed by atoms with van der Waals surface area (Å²) >= 11 is 6.12. The molecule has 0 aliphatic carbocycles. The summed E-state index contributed by atoms with van der Waals surface area (Å²) in [5.74, 6) is 0.780. The van der Waals surface area contributed by atoms with Gasteiger partial charge in [-0.1, -0.05) is 17.7 Å². The van der Waals surface area contributed by atoms with E-state index in [2.05, 4.69) is 30.1 Å². The molecule has 6 nitrogen and oxygen atoms in total. The van der Waals surface area contributed by atoms with Crippen LogP contribution in [0.15, 0.2) is 55.2 Å². The van der Waals surface area contributed by atoms with Crippen LogP contribution in [0, 0.1) is 6.57 Å². The zero-order chi connectivity index (χ0) is 18.6. The molecule has 0 spiro atoms. The van der Waals surface area contributed by atoms with Crippen molar-refractivity contribution in [3.63, 3.8) is 0 Å². The minimum absolute atomic E-state index is 0.538. The highest BCUT2D eigenvalue weighted by Gasteiger charge is 2.07. The highest BCUT2D eigenvalue weighted by Crippen LogP contribution is 2.24. The molecule has 0 aliphatic rings. The molecule has 4 aromatic heterocycles. The molecule has 0 atom stereocenters. The van der Waals surface area contributed by atoms with Crippen LogP contribution >= 0.6 is 11.6 Å². The van der Waals surface area contributed by atoms with Crippen LogP contribution in [-0.4, -0.2) is 19.9 Å². The maximum Gasteiger partial charge on any atom is 0.205 e. The fraction of sp³-hybridized carbons (Fsp3) is 0.100. The molecule has 0 fully saturated rings. The van der Waals surface area contributed by atoms with Gasteiger partial charge in [0.05, 0.1) is 11.6 Å². The van der Waals surface area contributed by atoms with Gasteiger partial charge in [0, 0.05) is 49.3 Å². The quantitative estimate of drug-likeness (QED) is 0.494. The van der Waals surface area contributed by atoms with Crippen molar-refractivity contribution >= 4 is 34.1 Å². The van der Waals surface area contributed by atoms with Crippen LogP contribution in [0.3, 0.4) is 0 Å². The summed E-state index contributed by atoms with van der Waals surface area (Å²) in [4.78, 5) is 19.3. The van der Waals surface area contributed by atoms with Crippen LogP contribution in [0.1, 0.15) is 16.7 Å². The Morgan fingerprint density at radius 2 is 2.04 bits per heavy atom. The first-order valence-corrected chi connectivity index (χ1v) is 8.71. The van der Waals surface area contributed by atoms with E-state index >= 15 is 0 Å². The number of H-pyrrole nitrogens is 1. The van der Waals surface area contributed by atoms with Gasteiger partial charge in [-0.15, -0.1) is 0 Å². The average molecular weight is 375 g/mol.